The van der Waals surface area contributed by atoms with Crippen LogP contribution >= 0.6 is 15.9 Å². The molecule has 2 aliphatic rings. The van der Waals surface area contributed by atoms with E-state index in [-0.39, 0.29) is 30.1 Å². The number of piperazine rings is 1. The van der Waals surface area contributed by atoms with Crippen molar-refractivity contribution in [3.8, 4) is 5.88 Å². The van der Waals surface area contributed by atoms with Crippen LogP contribution in [0, 0.1) is 0 Å². The van der Waals surface area contributed by atoms with Gasteiger partial charge in [0.05, 0.1) is 10.5 Å². The van der Waals surface area contributed by atoms with Gasteiger partial charge in [0.25, 0.3) is 0 Å². The highest BCUT2D eigenvalue weighted by Crippen LogP contribution is 2.32. The SMILES string of the molecule is O=S(=O)(c1cccc(C(F)(F)F)c1)N1CCN2C[C@H](Oc3ccc(Br)cn3)C[C@H]2C1. The van der Waals surface area contributed by atoms with Gasteiger partial charge >= 0.3 is 6.18 Å². The highest BCUT2D eigenvalue weighted by Gasteiger charge is 2.41. The lowest BCUT2D eigenvalue weighted by atomic mass is 10.2. The molecule has 1 aromatic heterocycles. The van der Waals surface area contributed by atoms with Gasteiger partial charge in [0, 0.05) is 55.4 Å². The average molecular weight is 506 g/mol. The molecule has 0 saturated carbocycles. The third-order valence-corrected chi connectivity index (χ3v) is 7.66. The first-order valence-corrected chi connectivity index (χ1v) is 11.6. The number of halogens is 4. The second-order valence-electron chi connectivity index (χ2n) is 7.33. The van der Waals surface area contributed by atoms with Crippen molar-refractivity contribution in [3.63, 3.8) is 0 Å². The van der Waals surface area contributed by atoms with Crippen LogP contribution in [0.5, 0.6) is 5.88 Å². The normalized spacial score (nSPS) is 23.3. The number of rotatable bonds is 4. The van der Waals surface area contributed by atoms with Gasteiger partial charge in [0.15, 0.2) is 0 Å². The minimum Gasteiger partial charge on any atom is -0.473 e. The molecule has 0 radical (unpaired) electrons. The molecular formula is C19H19BrF3N3O3S. The van der Waals surface area contributed by atoms with Gasteiger partial charge < -0.3 is 4.74 Å². The van der Waals surface area contributed by atoms with E-state index in [1.54, 1.807) is 12.3 Å². The molecule has 1 aromatic carbocycles. The van der Waals surface area contributed by atoms with E-state index in [4.69, 9.17) is 4.74 Å². The van der Waals surface area contributed by atoms with Crippen molar-refractivity contribution in [2.45, 2.75) is 29.6 Å². The van der Waals surface area contributed by atoms with E-state index in [0.29, 0.717) is 31.5 Å². The summed E-state index contributed by atoms with van der Waals surface area (Å²) in [7, 11) is -4.02. The zero-order valence-corrected chi connectivity index (χ0v) is 18.1. The van der Waals surface area contributed by atoms with Gasteiger partial charge in [-0.15, -0.1) is 0 Å². The Hall–Kier alpha value is -1.69. The number of nitrogens with zero attached hydrogens (tertiary/aromatic N) is 3. The van der Waals surface area contributed by atoms with Crippen molar-refractivity contribution < 1.29 is 26.3 Å². The summed E-state index contributed by atoms with van der Waals surface area (Å²) in [4.78, 5) is 6.01. The molecule has 2 aromatic rings. The maximum absolute atomic E-state index is 13.0. The minimum atomic E-state index is -4.60. The molecule has 162 valence electrons. The molecule has 2 aliphatic heterocycles. The van der Waals surface area contributed by atoms with Gasteiger partial charge in [0.1, 0.15) is 6.10 Å². The van der Waals surface area contributed by atoms with E-state index in [1.165, 1.54) is 10.4 Å². The van der Waals surface area contributed by atoms with Gasteiger partial charge in [-0.3, -0.25) is 4.90 Å². The van der Waals surface area contributed by atoms with Crippen molar-refractivity contribution in [2.24, 2.45) is 0 Å². The maximum atomic E-state index is 13.0. The van der Waals surface area contributed by atoms with Crippen molar-refractivity contribution in [1.29, 1.82) is 0 Å². The zero-order chi connectivity index (χ0) is 21.5. The number of benzene rings is 1. The minimum absolute atomic E-state index is 0.0558. The first-order valence-electron chi connectivity index (χ1n) is 9.32. The molecule has 2 atom stereocenters. The lowest BCUT2D eigenvalue weighted by Gasteiger charge is -2.36. The van der Waals surface area contributed by atoms with E-state index in [1.807, 2.05) is 6.07 Å². The lowest BCUT2D eigenvalue weighted by Crippen LogP contribution is -2.51. The number of pyridine rings is 1. The van der Waals surface area contributed by atoms with Crippen molar-refractivity contribution in [1.82, 2.24) is 14.2 Å². The molecule has 0 N–H and O–H groups in total. The van der Waals surface area contributed by atoms with Crippen LogP contribution in [-0.4, -0.2) is 60.9 Å². The largest absolute Gasteiger partial charge is 0.473 e. The predicted molar refractivity (Wildman–Crippen MR) is 107 cm³/mol. The van der Waals surface area contributed by atoms with Crippen LogP contribution in [0.2, 0.25) is 0 Å². The predicted octanol–water partition coefficient (Wildman–Crippen LogP) is 3.39. The van der Waals surface area contributed by atoms with Crippen LogP contribution in [0.4, 0.5) is 13.2 Å². The molecule has 6 nitrogen and oxygen atoms in total. The first kappa shape index (κ1) is 21.5. The van der Waals surface area contributed by atoms with Gasteiger partial charge in [-0.1, -0.05) is 6.07 Å². The monoisotopic (exact) mass is 505 g/mol. The van der Waals surface area contributed by atoms with Crippen molar-refractivity contribution in [2.75, 3.05) is 26.2 Å². The molecule has 2 fully saturated rings. The number of alkyl halides is 3. The number of hydrogen-bond donors (Lipinski definition) is 0. The van der Waals surface area contributed by atoms with E-state index >= 15 is 0 Å². The average Bonchev–Trinajstić information content (AvgIpc) is 3.10. The van der Waals surface area contributed by atoms with Crippen molar-refractivity contribution in [3.05, 3.63) is 52.6 Å². The molecule has 0 amide bonds. The number of ether oxygens (including phenoxy) is 1. The highest BCUT2D eigenvalue weighted by atomic mass is 79.9. The summed E-state index contributed by atoms with van der Waals surface area (Å²) in [6.45, 7) is 1.58. The second kappa shape index (κ2) is 8.10. The van der Waals surface area contributed by atoms with Crippen LogP contribution in [0.15, 0.2) is 52.0 Å². The van der Waals surface area contributed by atoms with Crippen LogP contribution in [0.25, 0.3) is 0 Å². The quantitative estimate of drug-likeness (QED) is 0.637. The Labute approximate surface area is 180 Å². The highest BCUT2D eigenvalue weighted by molar-refractivity contribution is 9.10. The molecule has 11 heteroatoms. The van der Waals surface area contributed by atoms with E-state index < -0.39 is 21.8 Å². The molecule has 4 rings (SSSR count). The molecular weight excluding hydrogens is 487 g/mol. The summed E-state index contributed by atoms with van der Waals surface area (Å²) in [5, 5.41) is 0. The van der Waals surface area contributed by atoms with Crippen LogP contribution in [0.1, 0.15) is 12.0 Å². The Balaban J connectivity index is 1.45. The standard InChI is InChI=1S/C19H19BrF3N3O3S/c20-14-4-5-18(24-10-14)29-16-9-15-11-26(7-6-25(15)12-16)30(27,28)17-3-1-2-13(8-17)19(21,22)23/h1-5,8,10,15-16H,6-7,9,11-12H2/t15-,16+/m0/s1. The van der Waals surface area contributed by atoms with E-state index in [2.05, 4.69) is 25.8 Å². The number of aromatic nitrogens is 1. The Morgan fingerprint density at radius 1 is 1.13 bits per heavy atom. The molecule has 0 spiro atoms. The van der Waals surface area contributed by atoms with Gasteiger partial charge in [0.2, 0.25) is 15.9 Å². The third kappa shape index (κ3) is 4.48. The zero-order valence-electron chi connectivity index (χ0n) is 15.7. The topological polar surface area (TPSA) is 62.7 Å². The molecule has 0 aliphatic carbocycles. The van der Waals surface area contributed by atoms with Crippen LogP contribution < -0.4 is 4.74 Å². The summed E-state index contributed by atoms with van der Waals surface area (Å²) in [6, 6.07) is 7.42. The summed E-state index contributed by atoms with van der Waals surface area (Å²) >= 11 is 3.32. The van der Waals surface area contributed by atoms with Crippen LogP contribution in [0.3, 0.4) is 0 Å². The van der Waals surface area contributed by atoms with E-state index in [0.717, 1.165) is 16.6 Å². The van der Waals surface area contributed by atoms with E-state index in [9.17, 15) is 21.6 Å². The summed E-state index contributed by atoms with van der Waals surface area (Å²) in [5.74, 6) is 0.497. The summed E-state index contributed by atoms with van der Waals surface area (Å²) in [5.41, 5.74) is -0.974. The van der Waals surface area contributed by atoms with Gasteiger partial charge in [-0.2, -0.15) is 17.5 Å². The number of hydrogen-bond acceptors (Lipinski definition) is 5. The van der Waals surface area contributed by atoms with Gasteiger partial charge in [-0.05, 0) is 40.2 Å². The molecule has 3 heterocycles. The lowest BCUT2D eigenvalue weighted by molar-refractivity contribution is -0.137. The smallest absolute Gasteiger partial charge is 0.416 e. The molecule has 0 unspecified atom stereocenters. The first-order chi connectivity index (χ1) is 14.1. The molecule has 30 heavy (non-hydrogen) atoms. The Morgan fingerprint density at radius 3 is 2.63 bits per heavy atom. The fourth-order valence-corrected chi connectivity index (χ4v) is 5.61. The molecule has 0 bridgehead atoms. The Bertz CT molecular complexity index is 1020. The maximum Gasteiger partial charge on any atom is 0.416 e. The van der Waals surface area contributed by atoms with Crippen LogP contribution in [-0.2, 0) is 16.2 Å². The molecule has 2 saturated heterocycles. The summed E-state index contributed by atoms with van der Waals surface area (Å²) in [6.07, 6.45) is -2.46. The fourth-order valence-electron chi connectivity index (χ4n) is 3.86. The summed E-state index contributed by atoms with van der Waals surface area (Å²) < 4.78 is 72.9. The Kier molecular flexibility index (Phi) is 5.82. The fraction of sp³-hybridized carbons (Fsp3) is 0.421. The van der Waals surface area contributed by atoms with Gasteiger partial charge in [-0.25, -0.2) is 13.4 Å². The number of sulfonamides is 1. The van der Waals surface area contributed by atoms with Crippen molar-refractivity contribution >= 4 is 26.0 Å². The number of fused-ring (bicyclic) bond motifs is 1. The third-order valence-electron chi connectivity index (χ3n) is 5.33. The second-order valence-corrected chi connectivity index (χ2v) is 10.2. The Morgan fingerprint density at radius 2 is 1.93 bits per heavy atom.